The van der Waals surface area contributed by atoms with Gasteiger partial charge in [0.05, 0.1) is 26.1 Å². The molecule has 2 N–H and O–H groups in total. The largest absolute Gasteiger partial charge is 0.508 e. The van der Waals surface area contributed by atoms with E-state index in [-0.39, 0.29) is 36.3 Å². The molecule has 0 saturated heterocycles. The lowest BCUT2D eigenvalue weighted by atomic mass is 10.1. The number of benzene rings is 2. The summed E-state index contributed by atoms with van der Waals surface area (Å²) >= 11 is 0. The van der Waals surface area contributed by atoms with Crippen LogP contribution in [0.2, 0.25) is 0 Å². The van der Waals surface area contributed by atoms with Crippen LogP contribution in [0.15, 0.2) is 48.5 Å². The third-order valence-corrected chi connectivity index (χ3v) is 3.77. The van der Waals surface area contributed by atoms with Crippen molar-refractivity contribution in [2.75, 3.05) is 13.2 Å². The molecular formula is C24H32O6. The first-order valence-corrected chi connectivity index (χ1v) is 10.0. The number of carbonyl (C=O) groups excluding carboxylic acids is 2. The molecule has 0 bridgehead atoms. The number of ether oxygens (including phenoxy) is 2. The molecule has 0 aliphatic rings. The Morgan fingerprint density at radius 3 is 1.77 bits per heavy atom. The van der Waals surface area contributed by atoms with Crippen molar-refractivity contribution in [2.24, 2.45) is 11.8 Å². The van der Waals surface area contributed by atoms with Crippen molar-refractivity contribution in [2.45, 2.75) is 40.5 Å². The van der Waals surface area contributed by atoms with Crippen molar-refractivity contribution in [3.05, 3.63) is 59.7 Å². The van der Waals surface area contributed by atoms with E-state index in [0.29, 0.717) is 30.6 Å². The summed E-state index contributed by atoms with van der Waals surface area (Å²) < 4.78 is 10.0. The maximum Gasteiger partial charge on any atom is 0.310 e. The van der Waals surface area contributed by atoms with E-state index in [4.69, 9.17) is 14.6 Å². The quantitative estimate of drug-likeness (QED) is 0.625. The molecule has 0 radical (unpaired) electrons. The topological polar surface area (TPSA) is 93.1 Å². The Kier molecular flexibility index (Phi) is 11.0. The van der Waals surface area contributed by atoms with Gasteiger partial charge in [0.1, 0.15) is 11.5 Å². The number of rotatable bonds is 8. The lowest BCUT2D eigenvalue weighted by Gasteiger charge is -2.07. The van der Waals surface area contributed by atoms with Crippen LogP contribution in [0.25, 0.3) is 0 Å². The predicted octanol–water partition coefficient (Wildman–Crippen LogP) is 4.27. The molecule has 2 rings (SSSR count). The molecule has 2 aromatic carbocycles. The third-order valence-electron chi connectivity index (χ3n) is 3.77. The molecule has 6 heteroatoms. The average Bonchev–Trinajstić information content (AvgIpc) is 2.69. The van der Waals surface area contributed by atoms with E-state index >= 15 is 0 Å². The Bertz CT molecular complexity index is 781. The molecule has 6 nitrogen and oxygen atoms in total. The second kappa shape index (κ2) is 13.2. The number of hydrogen-bond acceptors (Lipinski definition) is 6. The van der Waals surface area contributed by atoms with Gasteiger partial charge >= 0.3 is 11.9 Å². The van der Waals surface area contributed by atoms with Crippen LogP contribution in [0.1, 0.15) is 38.8 Å². The van der Waals surface area contributed by atoms with Gasteiger partial charge in [0.15, 0.2) is 0 Å². The van der Waals surface area contributed by atoms with Gasteiger partial charge in [-0.3, -0.25) is 9.59 Å². The van der Waals surface area contributed by atoms with E-state index in [2.05, 4.69) is 0 Å². The first-order chi connectivity index (χ1) is 14.2. The zero-order valence-electron chi connectivity index (χ0n) is 18.1. The molecule has 0 aliphatic carbocycles. The zero-order valence-corrected chi connectivity index (χ0v) is 18.1. The van der Waals surface area contributed by atoms with Gasteiger partial charge in [-0.15, -0.1) is 0 Å². The molecule has 0 fully saturated rings. The average molecular weight is 417 g/mol. The SMILES string of the molecule is CC(C)COC(=O)Cc1ccc(O)cc1.CC(C)COC(=O)Cc1ccccc1O. The fourth-order valence-electron chi connectivity index (χ4n) is 2.22. The third kappa shape index (κ3) is 11.1. The summed E-state index contributed by atoms with van der Waals surface area (Å²) in [5.41, 5.74) is 1.45. The fraction of sp³-hybridized carbons (Fsp3) is 0.417. The Balaban J connectivity index is 0.000000300. The second-order valence-electron chi connectivity index (χ2n) is 7.80. The van der Waals surface area contributed by atoms with Crippen LogP contribution in [0.4, 0.5) is 0 Å². The van der Waals surface area contributed by atoms with Crippen molar-refractivity contribution in [1.29, 1.82) is 0 Å². The predicted molar refractivity (Wildman–Crippen MR) is 115 cm³/mol. The Morgan fingerprint density at radius 1 is 0.767 bits per heavy atom. The molecule has 0 unspecified atom stereocenters. The van der Waals surface area contributed by atoms with E-state index < -0.39 is 0 Å². The van der Waals surface area contributed by atoms with Crippen LogP contribution < -0.4 is 0 Å². The number of esters is 2. The van der Waals surface area contributed by atoms with Crippen LogP contribution in [0, 0.1) is 11.8 Å². The highest BCUT2D eigenvalue weighted by molar-refractivity contribution is 5.73. The minimum absolute atomic E-state index is 0.124. The van der Waals surface area contributed by atoms with Crippen LogP contribution in [0.3, 0.4) is 0 Å². The first-order valence-electron chi connectivity index (χ1n) is 10.0. The summed E-state index contributed by atoms with van der Waals surface area (Å²) in [6.45, 7) is 8.82. The van der Waals surface area contributed by atoms with Crippen molar-refractivity contribution < 1.29 is 29.3 Å². The van der Waals surface area contributed by atoms with Crippen molar-refractivity contribution >= 4 is 11.9 Å². The number of aromatic hydroxyl groups is 2. The zero-order chi connectivity index (χ0) is 22.5. The van der Waals surface area contributed by atoms with E-state index in [1.165, 1.54) is 0 Å². The molecule has 0 atom stereocenters. The van der Waals surface area contributed by atoms with Crippen LogP contribution in [-0.4, -0.2) is 35.4 Å². The monoisotopic (exact) mass is 416 g/mol. The fourth-order valence-corrected chi connectivity index (χ4v) is 2.22. The highest BCUT2D eigenvalue weighted by Gasteiger charge is 2.09. The molecule has 0 amide bonds. The summed E-state index contributed by atoms with van der Waals surface area (Å²) in [7, 11) is 0. The Morgan fingerprint density at radius 2 is 1.27 bits per heavy atom. The number of para-hydroxylation sites is 1. The maximum atomic E-state index is 11.3. The van der Waals surface area contributed by atoms with E-state index in [0.717, 1.165) is 5.56 Å². The molecule has 0 aromatic heterocycles. The van der Waals surface area contributed by atoms with Crippen LogP contribution in [-0.2, 0) is 31.9 Å². The molecule has 164 valence electrons. The number of carbonyl (C=O) groups is 2. The van der Waals surface area contributed by atoms with Crippen molar-refractivity contribution in [1.82, 2.24) is 0 Å². The highest BCUT2D eigenvalue weighted by atomic mass is 16.5. The van der Waals surface area contributed by atoms with Gasteiger partial charge in [-0.2, -0.15) is 0 Å². The summed E-state index contributed by atoms with van der Waals surface area (Å²) in [5.74, 6) is 0.500. The standard InChI is InChI=1S/2C12H16O3/c1-9(2)8-15-12(14)7-10-3-5-11(13)6-4-10;1-9(2)8-15-12(14)7-10-5-3-4-6-11(10)13/h2*3-6,9,13H,7-8H2,1-2H3. The van der Waals surface area contributed by atoms with E-state index in [1.54, 1.807) is 48.5 Å². The van der Waals surface area contributed by atoms with Gasteiger partial charge in [-0.1, -0.05) is 58.0 Å². The molecular weight excluding hydrogens is 384 g/mol. The van der Waals surface area contributed by atoms with Gasteiger partial charge < -0.3 is 19.7 Å². The van der Waals surface area contributed by atoms with Crippen LogP contribution in [0.5, 0.6) is 11.5 Å². The molecule has 30 heavy (non-hydrogen) atoms. The number of phenolic OH excluding ortho intramolecular Hbond substituents is 2. The van der Waals surface area contributed by atoms with Crippen LogP contribution >= 0.6 is 0 Å². The Labute approximate surface area is 178 Å². The minimum atomic E-state index is -0.301. The number of phenols is 2. The summed E-state index contributed by atoms with van der Waals surface area (Å²) in [6.07, 6.45) is 0.381. The maximum absolute atomic E-state index is 11.3. The molecule has 0 saturated carbocycles. The first kappa shape index (κ1) is 25.0. The Hall–Kier alpha value is -3.02. The van der Waals surface area contributed by atoms with Gasteiger partial charge in [0, 0.05) is 5.56 Å². The van der Waals surface area contributed by atoms with Gasteiger partial charge in [0.25, 0.3) is 0 Å². The molecule has 0 spiro atoms. The molecule has 0 aliphatic heterocycles. The normalized spacial score (nSPS) is 10.3. The lowest BCUT2D eigenvalue weighted by molar-refractivity contribution is -0.144. The molecule has 0 heterocycles. The minimum Gasteiger partial charge on any atom is -0.508 e. The van der Waals surface area contributed by atoms with Crippen molar-refractivity contribution in [3.8, 4) is 11.5 Å². The van der Waals surface area contributed by atoms with Crippen molar-refractivity contribution in [3.63, 3.8) is 0 Å². The van der Waals surface area contributed by atoms with E-state index in [9.17, 15) is 14.7 Å². The number of hydrogen-bond donors (Lipinski definition) is 2. The second-order valence-corrected chi connectivity index (χ2v) is 7.80. The van der Waals surface area contributed by atoms with Gasteiger partial charge in [-0.25, -0.2) is 0 Å². The molecule has 2 aromatic rings. The smallest absolute Gasteiger partial charge is 0.310 e. The lowest BCUT2D eigenvalue weighted by Crippen LogP contribution is -2.12. The van der Waals surface area contributed by atoms with Gasteiger partial charge in [0.2, 0.25) is 0 Å². The van der Waals surface area contributed by atoms with Gasteiger partial charge in [-0.05, 0) is 35.6 Å². The van der Waals surface area contributed by atoms with E-state index in [1.807, 2.05) is 27.7 Å². The summed E-state index contributed by atoms with van der Waals surface area (Å²) in [5, 5.41) is 18.5. The highest BCUT2D eigenvalue weighted by Crippen LogP contribution is 2.16. The summed E-state index contributed by atoms with van der Waals surface area (Å²) in [6, 6.07) is 13.3. The summed E-state index contributed by atoms with van der Waals surface area (Å²) in [4.78, 5) is 22.7.